The number of allylic oxidation sites excluding steroid dienone is 1. The van der Waals surface area contributed by atoms with Gasteiger partial charge >= 0.3 is 11.9 Å². The molecule has 0 aliphatic heterocycles. The van der Waals surface area contributed by atoms with Crippen molar-refractivity contribution in [2.24, 2.45) is 11.8 Å². The molecule has 0 bridgehead atoms. The number of hydrogen-bond acceptors (Lipinski definition) is 4. The normalized spacial score (nSPS) is 23.6. The Labute approximate surface area is 100 Å². The van der Waals surface area contributed by atoms with Crippen molar-refractivity contribution in [3.05, 3.63) is 11.8 Å². The summed E-state index contributed by atoms with van der Waals surface area (Å²) in [6, 6.07) is 0. The zero-order chi connectivity index (χ0) is 12.8. The minimum atomic E-state index is -0.936. The van der Waals surface area contributed by atoms with E-state index in [1.807, 2.05) is 0 Å². The van der Waals surface area contributed by atoms with Gasteiger partial charge in [-0.25, -0.2) is 4.79 Å². The van der Waals surface area contributed by atoms with Crippen LogP contribution < -0.4 is 0 Å². The molecule has 1 aliphatic rings. The highest BCUT2D eigenvalue weighted by atomic mass is 17.2. The van der Waals surface area contributed by atoms with Crippen molar-refractivity contribution < 1.29 is 24.5 Å². The van der Waals surface area contributed by atoms with Crippen LogP contribution in [0.25, 0.3) is 0 Å². The summed E-state index contributed by atoms with van der Waals surface area (Å²) in [6.07, 6.45) is 4.09. The summed E-state index contributed by atoms with van der Waals surface area (Å²) in [7, 11) is 0. The fourth-order valence-electron chi connectivity index (χ4n) is 1.94. The van der Waals surface area contributed by atoms with Crippen LogP contribution in [0, 0.1) is 11.8 Å². The van der Waals surface area contributed by atoms with Gasteiger partial charge in [0.25, 0.3) is 0 Å². The molecule has 0 aromatic carbocycles. The topological polar surface area (TPSA) is 72.8 Å². The van der Waals surface area contributed by atoms with Gasteiger partial charge in [0.2, 0.25) is 0 Å². The molecular formula is C12H18O5. The first-order chi connectivity index (χ1) is 8.02. The second-order valence-corrected chi connectivity index (χ2v) is 4.53. The van der Waals surface area contributed by atoms with E-state index in [1.54, 1.807) is 13.8 Å². The van der Waals surface area contributed by atoms with E-state index in [4.69, 9.17) is 5.11 Å². The van der Waals surface area contributed by atoms with Gasteiger partial charge in [-0.3, -0.25) is 14.6 Å². The summed E-state index contributed by atoms with van der Waals surface area (Å²) in [4.78, 5) is 31.9. The third kappa shape index (κ3) is 4.09. The predicted octanol–water partition coefficient (Wildman–Crippen LogP) is 2.28. The zero-order valence-electron chi connectivity index (χ0n) is 10.1. The van der Waals surface area contributed by atoms with Crippen LogP contribution in [0.3, 0.4) is 0 Å². The quantitative estimate of drug-likeness (QED) is 0.465. The average Bonchev–Trinajstić information content (AvgIpc) is 2.28. The van der Waals surface area contributed by atoms with Gasteiger partial charge in [-0.05, 0) is 32.3 Å². The Balaban J connectivity index is 2.53. The Morgan fingerprint density at radius 2 is 1.76 bits per heavy atom. The zero-order valence-corrected chi connectivity index (χ0v) is 10.1. The number of carbonyl (C=O) groups excluding carboxylic acids is 1. The molecular weight excluding hydrogens is 224 g/mol. The summed E-state index contributed by atoms with van der Waals surface area (Å²) in [6.45, 7) is 3.60. The molecule has 1 fully saturated rings. The summed E-state index contributed by atoms with van der Waals surface area (Å²) in [5, 5.41) is 9.01. The van der Waals surface area contributed by atoms with Crippen LogP contribution in [0.2, 0.25) is 0 Å². The van der Waals surface area contributed by atoms with Gasteiger partial charge in [0, 0.05) is 0 Å². The van der Waals surface area contributed by atoms with Gasteiger partial charge < -0.3 is 5.11 Å². The number of carboxylic acids is 1. The molecule has 0 aromatic heterocycles. The molecule has 0 heterocycles. The third-order valence-corrected chi connectivity index (χ3v) is 2.80. The highest BCUT2D eigenvalue weighted by molar-refractivity contribution is 5.81. The first kappa shape index (κ1) is 13.5. The second-order valence-electron chi connectivity index (χ2n) is 4.53. The maximum atomic E-state index is 11.7. The lowest BCUT2D eigenvalue weighted by Crippen LogP contribution is -2.33. The molecule has 2 atom stereocenters. The molecule has 1 saturated carbocycles. The van der Waals surface area contributed by atoms with E-state index in [0.717, 1.165) is 18.4 Å². The molecule has 96 valence electrons. The van der Waals surface area contributed by atoms with Gasteiger partial charge in [-0.1, -0.05) is 12.8 Å². The van der Waals surface area contributed by atoms with Crippen LogP contribution in [0.5, 0.6) is 0 Å². The van der Waals surface area contributed by atoms with E-state index in [0.29, 0.717) is 12.8 Å². The van der Waals surface area contributed by atoms with Gasteiger partial charge in [0.1, 0.15) is 6.26 Å². The third-order valence-electron chi connectivity index (χ3n) is 2.80. The molecule has 2 unspecified atom stereocenters. The fourth-order valence-corrected chi connectivity index (χ4v) is 1.94. The van der Waals surface area contributed by atoms with Crippen molar-refractivity contribution in [2.45, 2.75) is 39.5 Å². The number of aliphatic carboxylic acids is 1. The molecule has 0 spiro atoms. The summed E-state index contributed by atoms with van der Waals surface area (Å²) < 4.78 is 0. The number of rotatable bonds is 4. The lowest BCUT2D eigenvalue weighted by molar-refractivity contribution is -0.246. The summed E-state index contributed by atoms with van der Waals surface area (Å²) >= 11 is 0. The van der Waals surface area contributed by atoms with E-state index in [1.165, 1.54) is 6.26 Å². The van der Waals surface area contributed by atoms with Gasteiger partial charge in [0.05, 0.1) is 11.8 Å². The lowest BCUT2D eigenvalue weighted by atomic mass is 9.79. The Hall–Kier alpha value is -1.52. The molecule has 17 heavy (non-hydrogen) atoms. The molecule has 1 aliphatic carbocycles. The number of hydrogen-bond donors (Lipinski definition) is 1. The molecule has 0 radical (unpaired) electrons. The van der Waals surface area contributed by atoms with Crippen molar-refractivity contribution in [3.63, 3.8) is 0 Å². The van der Waals surface area contributed by atoms with Crippen molar-refractivity contribution in [1.82, 2.24) is 0 Å². The first-order valence-corrected chi connectivity index (χ1v) is 5.75. The van der Waals surface area contributed by atoms with Crippen LogP contribution in [0.15, 0.2) is 11.8 Å². The molecule has 0 aromatic rings. The smallest absolute Gasteiger partial charge is 0.359 e. The van der Waals surface area contributed by atoms with E-state index >= 15 is 0 Å². The average molecular weight is 242 g/mol. The van der Waals surface area contributed by atoms with E-state index in [9.17, 15) is 9.59 Å². The van der Waals surface area contributed by atoms with Crippen molar-refractivity contribution in [3.8, 4) is 0 Å². The highest BCUT2D eigenvalue weighted by Crippen LogP contribution is 2.31. The molecule has 5 heteroatoms. The van der Waals surface area contributed by atoms with Crippen molar-refractivity contribution >= 4 is 11.9 Å². The fraction of sp³-hybridized carbons (Fsp3) is 0.667. The minimum absolute atomic E-state index is 0.526. The maximum Gasteiger partial charge on any atom is 0.359 e. The molecule has 0 amide bonds. The van der Waals surface area contributed by atoms with Crippen LogP contribution in [-0.2, 0) is 19.4 Å². The Bertz CT molecular complexity index is 317. The van der Waals surface area contributed by atoms with Crippen molar-refractivity contribution in [1.29, 1.82) is 0 Å². The Morgan fingerprint density at radius 1 is 1.18 bits per heavy atom. The molecule has 0 saturated heterocycles. The van der Waals surface area contributed by atoms with E-state index in [2.05, 4.69) is 9.78 Å². The van der Waals surface area contributed by atoms with Crippen LogP contribution in [-0.4, -0.2) is 17.0 Å². The monoisotopic (exact) mass is 242 g/mol. The van der Waals surface area contributed by atoms with E-state index in [-0.39, 0.29) is 0 Å². The minimum Gasteiger partial charge on any atom is -0.481 e. The SMILES string of the molecule is CC(C)=COOC(=O)C1CCCCC1C(=O)O. The first-order valence-electron chi connectivity index (χ1n) is 5.75. The largest absolute Gasteiger partial charge is 0.481 e. The Kier molecular flexibility index (Phi) is 5.00. The predicted molar refractivity (Wildman–Crippen MR) is 59.7 cm³/mol. The van der Waals surface area contributed by atoms with E-state index < -0.39 is 23.8 Å². The second kappa shape index (κ2) is 6.27. The highest BCUT2D eigenvalue weighted by Gasteiger charge is 2.37. The van der Waals surface area contributed by atoms with Gasteiger partial charge in [-0.15, -0.1) is 0 Å². The number of carboxylic acid groups (broad SMARTS) is 1. The number of carbonyl (C=O) groups is 2. The lowest BCUT2D eigenvalue weighted by Gasteiger charge is -2.25. The van der Waals surface area contributed by atoms with Gasteiger partial charge in [-0.2, -0.15) is 0 Å². The molecule has 5 nitrogen and oxygen atoms in total. The summed E-state index contributed by atoms with van der Waals surface area (Å²) in [5.41, 5.74) is 0.858. The van der Waals surface area contributed by atoms with Gasteiger partial charge in [0.15, 0.2) is 0 Å². The summed E-state index contributed by atoms with van der Waals surface area (Å²) in [5.74, 6) is -2.76. The maximum absolute atomic E-state index is 11.7. The van der Waals surface area contributed by atoms with Crippen LogP contribution in [0.4, 0.5) is 0 Å². The standard InChI is InChI=1S/C12H18O5/c1-8(2)7-16-17-12(15)10-6-4-3-5-9(10)11(13)14/h7,9-10H,3-6H2,1-2H3,(H,13,14). The molecule has 1 rings (SSSR count). The molecule has 1 N–H and O–H groups in total. The Morgan fingerprint density at radius 3 is 2.29 bits per heavy atom. The van der Waals surface area contributed by atoms with Crippen LogP contribution >= 0.6 is 0 Å². The van der Waals surface area contributed by atoms with Crippen LogP contribution in [0.1, 0.15) is 39.5 Å². The van der Waals surface area contributed by atoms with Crippen molar-refractivity contribution in [2.75, 3.05) is 0 Å².